The van der Waals surface area contributed by atoms with Crippen LogP contribution in [0, 0.1) is 12.7 Å². The molecular weight excluding hydrogens is 479 g/mol. The first-order chi connectivity index (χ1) is 18.0. The number of anilines is 4. The van der Waals surface area contributed by atoms with Gasteiger partial charge in [-0.3, -0.25) is 4.79 Å². The minimum absolute atomic E-state index is 0.0253. The number of carbonyl (C=O) groups excluding carboxylic acids is 2. The highest BCUT2D eigenvalue weighted by Gasteiger charge is 2.20. The molecule has 2 N–H and O–H groups in total. The fourth-order valence-electron chi connectivity index (χ4n) is 4.22. The van der Waals surface area contributed by atoms with E-state index in [1.165, 1.54) is 12.1 Å². The number of morpholine rings is 2. The molecule has 3 heterocycles. The Bertz CT molecular complexity index is 1300. The van der Waals surface area contributed by atoms with Gasteiger partial charge < -0.3 is 29.9 Å². The lowest BCUT2D eigenvalue weighted by molar-refractivity contribution is -0.125. The number of rotatable bonds is 5. The van der Waals surface area contributed by atoms with Crippen LogP contribution in [0.2, 0.25) is 0 Å². The second-order valence-electron chi connectivity index (χ2n) is 8.72. The molecule has 2 aliphatic rings. The zero-order chi connectivity index (χ0) is 25.8. The Morgan fingerprint density at radius 3 is 2.49 bits per heavy atom. The monoisotopic (exact) mass is 506 g/mol. The summed E-state index contributed by atoms with van der Waals surface area (Å²) in [5.74, 6) is 0.489. The largest absolute Gasteiger partial charge is 0.378 e. The van der Waals surface area contributed by atoms with E-state index in [-0.39, 0.29) is 18.2 Å². The molecule has 5 rings (SSSR count). The number of carbonyl (C=O) groups is 2. The third-order valence-electron chi connectivity index (χ3n) is 6.15. The van der Waals surface area contributed by atoms with Crippen molar-refractivity contribution in [3.63, 3.8) is 0 Å². The van der Waals surface area contributed by atoms with Crippen molar-refractivity contribution in [3.8, 4) is 11.4 Å². The Balaban J connectivity index is 1.24. The van der Waals surface area contributed by atoms with Gasteiger partial charge in [0, 0.05) is 48.3 Å². The van der Waals surface area contributed by atoms with Crippen LogP contribution in [0.5, 0.6) is 0 Å². The van der Waals surface area contributed by atoms with E-state index in [1.54, 1.807) is 41.4 Å². The molecule has 0 unspecified atom stereocenters. The van der Waals surface area contributed by atoms with Crippen molar-refractivity contribution in [1.82, 2.24) is 9.97 Å². The number of hydrogen-bond donors (Lipinski definition) is 2. The molecular formula is C26H27FN6O4. The Labute approximate surface area is 213 Å². The number of urea groups is 1. The molecule has 0 radical (unpaired) electrons. The van der Waals surface area contributed by atoms with Crippen molar-refractivity contribution in [3.05, 3.63) is 60.0 Å². The topological polar surface area (TPSA) is 109 Å². The maximum Gasteiger partial charge on any atom is 0.323 e. The number of hydrogen-bond acceptors (Lipinski definition) is 7. The van der Waals surface area contributed by atoms with Crippen molar-refractivity contribution >= 4 is 34.8 Å². The van der Waals surface area contributed by atoms with Gasteiger partial charge in [0.15, 0.2) is 5.82 Å². The molecule has 11 heteroatoms. The molecule has 0 bridgehead atoms. The fourth-order valence-corrected chi connectivity index (χ4v) is 4.22. The molecule has 2 aliphatic heterocycles. The van der Waals surface area contributed by atoms with E-state index in [9.17, 15) is 14.0 Å². The average Bonchev–Trinajstić information content (AvgIpc) is 2.91. The molecule has 0 aliphatic carbocycles. The first kappa shape index (κ1) is 24.6. The normalized spacial score (nSPS) is 16.0. The lowest BCUT2D eigenvalue weighted by Crippen LogP contribution is -2.41. The second kappa shape index (κ2) is 10.9. The third-order valence-corrected chi connectivity index (χ3v) is 6.15. The highest BCUT2D eigenvalue weighted by Crippen LogP contribution is 2.26. The molecule has 2 aromatic carbocycles. The number of benzene rings is 2. The number of aryl methyl sites for hydroxylation is 1. The Kier molecular flexibility index (Phi) is 7.24. The molecule has 10 nitrogen and oxygen atoms in total. The van der Waals surface area contributed by atoms with E-state index < -0.39 is 11.8 Å². The van der Waals surface area contributed by atoms with Gasteiger partial charge in [0.25, 0.3) is 5.91 Å². The number of ether oxygens (including phenoxy) is 2. The summed E-state index contributed by atoms with van der Waals surface area (Å²) < 4.78 is 25.5. The van der Waals surface area contributed by atoms with Gasteiger partial charge in [-0.1, -0.05) is 0 Å². The van der Waals surface area contributed by atoms with Gasteiger partial charge in [0.2, 0.25) is 0 Å². The van der Waals surface area contributed by atoms with Crippen molar-refractivity contribution in [1.29, 1.82) is 0 Å². The van der Waals surface area contributed by atoms with Crippen LogP contribution < -0.4 is 20.4 Å². The van der Waals surface area contributed by atoms with E-state index in [4.69, 9.17) is 9.47 Å². The predicted octanol–water partition coefficient (Wildman–Crippen LogP) is 3.43. The second-order valence-corrected chi connectivity index (χ2v) is 8.72. The van der Waals surface area contributed by atoms with Gasteiger partial charge >= 0.3 is 6.03 Å². The summed E-state index contributed by atoms with van der Waals surface area (Å²) in [6, 6.07) is 10.7. The highest BCUT2D eigenvalue weighted by molar-refractivity contribution is 6.00. The molecule has 0 atom stereocenters. The van der Waals surface area contributed by atoms with Crippen LogP contribution in [0.1, 0.15) is 5.56 Å². The van der Waals surface area contributed by atoms with Gasteiger partial charge in [0.1, 0.15) is 18.2 Å². The average molecular weight is 507 g/mol. The van der Waals surface area contributed by atoms with Crippen LogP contribution in [0.4, 0.5) is 32.1 Å². The highest BCUT2D eigenvalue weighted by atomic mass is 19.1. The SMILES string of the molecule is Cc1cnc(-c2ccc(NC(=O)Nc3ccc(N4CCOCC4=O)cc3)c(F)c2)nc1N1CCOCC1. The van der Waals surface area contributed by atoms with Gasteiger partial charge in [-0.05, 0) is 49.4 Å². The van der Waals surface area contributed by atoms with Gasteiger partial charge in [-0.25, -0.2) is 19.2 Å². The molecule has 0 saturated carbocycles. The Hall–Kier alpha value is -4.09. The molecule has 2 saturated heterocycles. The summed E-state index contributed by atoms with van der Waals surface area (Å²) in [5, 5.41) is 5.20. The summed E-state index contributed by atoms with van der Waals surface area (Å²) in [4.78, 5) is 37.2. The summed E-state index contributed by atoms with van der Waals surface area (Å²) in [7, 11) is 0. The smallest absolute Gasteiger partial charge is 0.323 e. The first-order valence-corrected chi connectivity index (χ1v) is 12.0. The summed E-state index contributed by atoms with van der Waals surface area (Å²) in [5.41, 5.74) is 2.69. The van der Waals surface area contributed by atoms with Crippen molar-refractivity contribution in [2.45, 2.75) is 6.92 Å². The molecule has 0 spiro atoms. The first-order valence-electron chi connectivity index (χ1n) is 12.0. The van der Waals surface area contributed by atoms with Crippen molar-refractivity contribution < 1.29 is 23.5 Å². The van der Waals surface area contributed by atoms with Crippen LogP contribution in [0.15, 0.2) is 48.7 Å². The van der Waals surface area contributed by atoms with Gasteiger partial charge in [-0.2, -0.15) is 0 Å². The quantitative estimate of drug-likeness (QED) is 0.546. The number of amides is 3. The lowest BCUT2D eigenvalue weighted by Gasteiger charge is -2.29. The minimum atomic E-state index is -0.606. The summed E-state index contributed by atoms with van der Waals surface area (Å²) in [6.07, 6.45) is 1.73. The molecule has 1 aromatic heterocycles. The zero-order valence-corrected chi connectivity index (χ0v) is 20.4. The molecule has 3 aromatic rings. The molecule has 37 heavy (non-hydrogen) atoms. The van der Waals surface area contributed by atoms with Crippen molar-refractivity contribution in [2.24, 2.45) is 0 Å². The predicted molar refractivity (Wildman–Crippen MR) is 137 cm³/mol. The van der Waals surface area contributed by atoms with Crippen LogP contribution in [-0.2, 0) is 14.3 Å². The van der Waals surface area contributed by atoms with Crippen LogP contribution in [0.25, 0.3) is 11.4 Å². The summed E-state index contributed by atoms with van der Waals surface area (Å²) in [6.45, 7) is 5.68. The van der Waals surface area contributed by atoms with Crippen LogP contribution in [-0.4, -0.2) is 68.0 Å². The standard InChI is InChI=1S/C26H27FN6O4/c1-17-15-28-24(31-25(17)32-8-11-36-12-9-32)18-2-7-22(21(27)14-18)30-26(35)29-19-3-5-20(6-4-19)33-10-13-37-16-23(33)34/h2-7,14-15H,8-13,16H2,1H3,(H2,29,30,35). The third kappa shape index (κ3) is 5.68. The van der Waals surface area contributed by atoms with E-state index >= 15 is 0 Å². The van der Waals surface area contributed by atoms with Gasteiger partial charge in [0.05, 0.1) is 25.5 Å². The number of aromatic nitrogens is 2. The van der Waals surface area contributed by atoms with E-state index in [1.807, 2.05) is 6.92 Å². The number of halogens is 1. The van der Waals surface area contributed by atoms with Crippen LogP contribution in [0.3, 0.4) is 0 Å². The maximum atomic E-state index is 14.9. The Morgan fingerprint density at radius 2 is 1.76 bits per heavy atom. The minimum Gasteiger partial charge on any atom is -0.378 e. The Morgan fingerprint density at radius 1 is 1.00 bits per heavy atom. The summed E-state index contributed by atoms with van der Waals surface area (Å²) >= 11 is 0. The molecule has 192 valence electrons. The van der Waals surface area contributed by atoms with Gasteiger partial charge in [-0.15, -0.1) is 0 Å². The molecule has 3 amide bonds. The lowest BCUT2D eigenvalue weighted by atomic mass is 10.1. The number of nitrogens with zero attached hydrogens (tertiary/aromatic N) is 4. The maximum absolute atomic E-state index is 14.9. The zero-order valence-electron chi connectivity index (χ0n) is 20.4. The van der Waals surface area contributed by atoms with Crippen molar-refractivity contribution in [2.75, 3.05) is 66.5 Å². The fraction of sp³-hybridized carbons (Fsp3) is 0.308. The van der Waals surface area contributed by atoms with E-state index in [0.29, 0.717) is 43.4 Å². The number of nitrogens with one attached hydrogen (secondary N) is 2. The van der Waals surface area contributed by atoms with E-state index in [0.717, 1.165) is 30.2 Å². The molecule has 2 fully saturated rings. The van der Waals surface area contributed by atoms with Crippen LogP contribution >= 0.6 is 0 Å². The van der Waals surface area contributed by atoms with E-state index in [2.05, 4.69) is 25.5 Å².